The average molecular weight is 285 g/mol. The third-order valence-electron chi connectivity index (χ3n) is 3.69. The summed E-state index contributed by atoms with van der Waals surface area (Å²) in [5.74, 6) is 0.678. The predicted octanol–water partition coefficient (Wildman–Crippen LogP) is 3.55. The zero-order valence-corrected chi connectivity index (χ0v) is 13.7. The SMILES string of the molecule is CCc1c(CNCC(C)C)cnn1Cc1ccc(C)cc1. The molecule has 0 spiro atoms. The maximum Gasteiger partial charge on any atom is 0.0662 e. The average Bonchev–Trinajstić information content (AvgIpc) is 2.83. The molecule has 3 nitrogen and oxygen atoms in total. The van der Waals surface area contributed by atoms with Gasteiger partial charge in [0.25, 0.3) is 0 Å². The lowest BCUT2D eigenvalue weighted by Crippen LogP contribution is -2.19. The van der Waals surface area contributed by atoms with E-state index >= 15 is 0 Å². The predicted molar refractivity (Wildman–Crippen MR) is 88.4 cm³/mol. The Bertz CT molecular complexity index is 552. The second kappa shape index (κ2) is 7.41. The molecule has 0 saturated carbocycles. The molecule has 0 amide bonds. The normalized spacial score (nSPS) is 11.3. The van der Waals surface area contributed by atoms with Crippen molar-refractivity contribution in [1.82, 2.24) is 15.1 Å². The number of nitrogens with one attached hydrogen (secondary N) is 1. The summed E-state index contributed by atoms with van der Waals surface area (Å²) >= 11 is 0. The quantitative estimate of drug-likeness (QED) is 0.843. The van der Waals surface area contributed by atoms with Gasteiger partial charge in [-0.3, -0.25) is 4.68 Å². The fourth-order valence-electron chi connectivity index (χ4n) is 2.50. The maximum atomic E-state index is 4.58. The van der Waals surface area contributed by atoms with Crippen LogP contribution in [0.5, 0.6) is 0 Å². The third-order valence-corrected chi connectivity index (χ3v) is 3.69. The molecule has 21 heavy (non-hydrogen) atoms. The largest absolute Gasteiger partial charge is 0.312 e. The van der Waals surface area contributed by atoms with E-state index in [2.05, 4.69) is 67.1 Å². The molecule has 0 aliphatic carbocycles. The summed E-state index contributed by atoms with van der Waals surface area (Å²) in [7, 11) is 0. The summed E-state index contributed by atoms with van der Waals surface area (Å²) in [6.45, 7) is 11.6. The fraction of sp³-hybridized carbons (Fsp3) is 0.500. The smallest absolute Gasteiger partial charge is 0.0662 e. The van der Waals surface area contributed by atoms with E-state index < -0.39 is 0 Å². The van der Waals surface area contributed by atoms with Gasteiger partial charge in [0.05, 0.1) is 12.7 Å². The van der Waals surface area contributed by atoms with Gasteiger partial charge in [0.1, 0.15) is 0 Å². The van der Waals surface area contributed by atoms with Gasteiger partial charge < -0.3 is 5.32 Å². The van der Waals surface area contributed by atoms with Crippen molar-refractivity contribution in [3.05, 3.63) is 52.8 Å². The molecule has 1 aromatic heterocycles. The molecule has 1 heterocycles. The Hall–Kier alpha value is -1.61. The number of aryl methyl sites for hydroxylation is 1. The van der Waals surface area contributed by atoms with Crippen molar-refractivity contribution in [3.8, 4) is 0 Å². The lowest BCUT2D eigenvalue weighted by molar-refractivity contribution is 0.549. The van der Waals surface area contributed by atoms with E-state index in [1.54, 1.807) is 0 Å². The molecule has 2 aromatic rings. The molecule has 0 unspecified atom stereocenters. The van der Waals surface area contributed by atoms with Gasteiger partial charge in [-0.05, 0) is 31.4 Å². The molecular formula is C18H27N3. The number of hydrogen-bond donors (Lipinski definition) is 1. The van der Waals surface area contributed by atoms with E-state index in [9.17, 15) is 0 Å². The van der Waals surface area contributed by atoms with Crippen molar-refractivity contribution in [1.29, 1.82) is 0 Å². The van der Waals surface area contributed by atoms with Gasteiger partial charge in [0.15, 0.2) is 0 Å². The van der Waals surface area contributed by atoms with Gasteiger partial charge in [-0.2, -0.15) is 5.10 Å². The molecule has 0 fully saturated rings. The Morgan fingerprint density at radius 2 is 1.90 bits per heavy atom. The van der Waals surface area contributed by atoms with Crippen LogP contribution in [0, 0.1) is 12.8 Å². The van der Waals surface area contributed by atoms with E-state index in [1.165, 1.54) is 22.4 Å². The van der Waals surface area contributed by atoms with Crippen LogP contribution >= 0.6 is 0 Å². The first-order valence-electron chi connectivity index (χ1n) is 7.90. The summed E-state index contributed by atoms with van der Waals surface area (Å²) in [5.41, 5.74) is 5.27. The van der Waals surface area contributed by atoms with Crippen molar-refractivity contribution in [2.24, 2.45) is 5.92 Å². The molecule has 0 aliphatic heterocycles. The van der Waals surface area contributed by atoms with Gasteiger partial charge in [0.2, 0.25) is 0 Å². The molecule has 0 aliphatic rings. The highest BCUT2D eigenvalue weighted by atomic mass is 15.3. The van der Waals surface area contributed by atoms with Crippen LogP contribution in [0.2, 0.25) is 0 Å². The Labute approximate surface area is 128 Å². The van der Waals surface area contributed by atoms with Crippen LogP contribution in [0.4, 0.5) is 0 Å². The minimum absolute atomic E-state index is 0.678. The number of nitrogens with zero attached hydrogens (tertiary/aromatic N) is 2. The Balaban J connectivity index is 2.06. The Morgan fingerprint density at radius 1 is 1.19 bits per heavy atom. The Morgan fingerprint density at radius 3 is 2.52 bits per heavy atom. The first kappa shape index (κ1) is 15.8. The van der Waals surface area contributed by atoms with Crippen LogP contribution in [0.1, 0.15) is 43.2 Å². The van der Waals surface area contributed by atoms with E-state index in [0.717, 1.165) is 26.1 Å². The first-order valence-corrected chi connectivity index (χ1v) is 7.90. The van der Waals surface area contributed by atoms with Crippen molar-refractivity contribution < 1.29 is 0 Å². The number of benzene rings is 1. The summed E-state index contributed by atoms with van der Waals surface area (Å²) in [6.07, 6.45) is 3.03. The molecular weight excluding hydrogens is 258 g/mol. The van der Waals surface area contributed by atoms with Gasteiger partial charge in [0, 0.05) is 17.8 Å². The van der Waals surface area contributed by atoms with E-state index in [-0.39, 0.29) is 0 Å². The molecule has 114 valence electrons. The molecule has 0 bridgehead atoms. The zero-order valence-electron chi connectivity index (χ0n) is 13.7. The van der Waals surface area contributed by atoms with Gasteiger partial charge in [-0.25, -0.2) is 0 Å². The fourth-order valence-corrected chi connectivity index (χ4v) is 2.50. The van der Waals surface area contributed by atoms with Crippen molar-refractivity contribution in [3.63, 3.8) is 0 Å². The molecule has 0 atom stereocenters. The molecule has 1 N–H and O–H groups in total. The minimum atomic E-state index is 0.678. The molecule has 1 aromatic carbocycles. The van der Waals surface area contributed by atoms with Gasteiger partial charge in [-0.1, -0.05) is 50.6 Å². The van der Waals surface area contributed by atoms with Crippen LogP contribution in [-0.4, -0.2) is 16.3 Å². The summed E-state index contributed by atoms with van der Waals surface area (Å²) in [5, 5.41) is 8.09. The summed E-state index contributed by atoms with van der Waals surface area (Å²) in [4.78, 5) is 0. The van der Waals surface area contributed by atoms with Crippen molar-refractivity contribution >= 4 is 0 Å². The lowest BCUT2D eigenvalue weighted by Gasteiger charge is -2.10. The summed E-state index contributed by atoms with van der Waals surface area (Å²) in [6, 6.07) is 8.70. The second-order valence-corrected chi connectivity index (χ2v) is 6.14. The maximum absolute atomic E-state index is 4.58. The number of aromatic nitrogens is 2. The van der Waals surface area contributed by atoms with Crippen LogP contribution in [0.3, 0.4) is 0 Å². The molecule has 0 radical (unpaired) electrons. The standard InChI is InChI=1S/C18H27N3/c1-5-18-17(11-19-10-14(2)3)12-20-21(18)13-16-8-6-15(4)7-9-16/h6-9,12,14,19H,5,10-11,13H2,1-4H3. The van der Waals surface area contributed by atoms with Crippen molar-refractivity contribution in [2.45, 2.75) is 47.2 Å². The van der Waals surface area contributed by atoms with Crippen molar-refractivity contribution in [2.75, 3.05) is 6.54 Å². The molecule has 3 heteroatoms. The number of hydrogen-bond acceptors (Lipinski definition) is 2. The third kappa shape index (κ3) is 4.43. The zero-order chi connectivity index (χ0) is 15.2. The van der Waals surface area contributed by atoms with Crippen LogP contribution in [0.25, 0.3) is 0 Å². The topological polar surface area (TPSA) is 29.9 Å². The lowest BCUT2D eigenvalue weighted by atomic mass is 10.1. The van der Waals surface area contributed by atoms with E-state index in [4.69, 9.17) is 0 Å². The highest BCUT2D eigenvalue weighted by Crippen LogP contribution is 2.13. The van der Waals surface area contributed by atoms with E-state index in [0.29, 0.717) is 5.92 Å². The first-order chi connectivity index (χ1) is 10.1. The second-order valence-electron chi connectivity index (χ2n) is 6.14. The highest BCUT2D eigenvalue weighted by Gasteiger charge is 2.09. The van der Waals surface area contributed by atoms with Gasteiger partial charge in [-0.15, -0.1) is 0 Å². The number of rotatable bonds is 7. The molecule has 0 saturated heterocycles. The van der Waals surface area contributed by atoms with Crippen LogP contribution < -0.4 is 5.32 Å². The highest BCUT2D eigenvalue weighted by molar-refractivity contribution is 5.23. The summed E-state index contributed by atoms with van der Waals surface area (Å²) < 4.78 is 2.14. The van der Waals surface area contributed by atoms with E-state index in [1.807, 2.05) is 6.20 Å². The van der Waals surface area contributed by atoms with Crippen LogP contribution in [0.15, 0.2) is 30.5 Å². The van der Waals surface area contributed by atoms with Gasteiger partial charge >= 0.3 is 0 Å². The Kier molecular flexibility index (Phi) is 5.57. The molecule has 2 rings (SSSR count). The monoisotopic (exact) mass is 285 g/mol. The minimum Gasteiger partial charge on any atom is -0.312 e. The van der Waals surface area contributed by atoms with Crippen LogP contribution in [-0.2, 0) is 19.5 Å².